The molecular formula is C24H35N3O4S. The standard InChI is InChI=1S/C24H35N3O4S/c1-5-24(27-22(29)31-23(2,3)4)11-8-16(9-12-24)30-20-19-18-15(10-13-28)6-7-17(18)32-21(19)26-14-25-20/h14-16,28H,5-13H2,1-4H3,(H,27,29)/t15-,16-,24-/m1/s1. The molecule has 2 aliphatic rings. The summed E-state index contributed by atoms with van der Waals surface area (Å²) in [5, 5.41) is 13.7. The summed E-state index contributed by atoms with van der Waals surface area (Å²) in [4.78, 5) is 23.7. The van der Waals surface area contributed by atoms with E-state index in [1.807, 2.05) is 20.8 Å². The summed E-state index contributed by atoms with van der Waals surface area (Å²) >= 11 is 1.73. The fraction of sp³-hybridized carbons (Fsp3) is 0.708. The minimum atomic E-state index is -0.508. The van der Waals surface area contributed by atoms with Crippen LogP contribution in [-0.4, -0.2) is 45.0 Å². The van der Waals surface area contributed by atoms with Crippen molar-refractivity contribution in [3.8, 4) is 5.88 Å². The predicted octanol–water partition coefficient (Wildman–Crippen LogP) is 5.10. The number of aromatic nitrogens is 2. The van der Waals surface area contributed by atoms with Crippen LogP contribution in [0.25, 0.3) is 10.2 Å². The highest BCUT2D eigenvalue weighted by Gasteiger charge is 2.38. The highest BCUT2D eigenvalue weighted by Crippen LogP contribution is 2.47. The molecule has 0 radical (unpaired) electrons. The molecule has 2 N–H and O–H groups in total. The maximum absolute atomic E-state index is 12.4. The molecule has 0 aliphatic heterocycles. The molecule has 2 aromatic rings. The van der Waals surface area contributed by atoms with Crippen molar-refractivity contribution in [3.05, 3.63) is 16.8 Å². The average Bonchev–Trinajstić information content (AvgIpc) is 3.28. The van der Waals surface area contributed by atoms with E-state index in [-0.39, 0.29) is 24.3 Å². The molecule has 1 fully saturated rings. The molecule has 2 aliphatic carbocycles. The van der Waals surface area contributed by atoms with Gasteiger partial charge in [0.05, 0.1) is 5.39 Å². The number of aliphatic hydroxyl groups is 1. The molecule has 2 heterocycles. The Morgan fingerprint density at radius 2 is 2.03 bits per heavy atom. The van der Waals surface area contributed by atoms with Gasteiger partial charge in [-0.15, -0.1) is 11.3 Å². The van der Waals surface area contributed by atoms with Gasteiger partial charge in [0.1, 0.15) is 22.9 Å². The number of fused-ring (bicyclic) bond motifs is 3. The second-order valence-corrected chi connectivity index (χ2v) is 11.2. The van der Waals surface area contributed by atoms with Crippen LogP contribution in [0.4, 0.5) is 4.79 Å². The van der Waals surface area contributed by atoms with Crippen molar-refractivity contribution in [2.45, 2.75) is 102 Å². The SMILES string of the molecule is CC[C@]1(NC(=O)OC(C)(C)C)CC[C@H](Oc2ncnc3sc4c(c23)[C@@H](CCO)CC4)CC1. The normalized spacial score (nSPS) is 25.5. The summed E-state index contributed by atoms with van der Waals surface area (Å²) in [5.41, 5.74) is 0.533. The monoisotopic (exact) mass is 461 g/mol. The lowest BCUT2D eigenvalue weighted by Crippen LogP contribution is -2.52. The third-order valence-corrected chi connectivity index (χ3v) is 7.96. The average molecular weight is 462 g/mol. The molecule has 1 saturated carbocycles. The summed E-state index contributed by atoms with van der Waals surface area (Å²) in [6.07, 6.45) is 8.43. The minimum Gasteiger partial charge on any atom is -0.474 e. The molecule has 8 heteroatoms. The maximum Gasteiger partial charge on any atom is 0.408 e. The van der Waals surface area contributed by atoms with E-state index < -0.39 is 5.60 Å². The second kappa shape index (κ2) is 9.14. The summed E-state index contributed by atoms with van der Waals surface area (Å²) in [6, 6.07) is 0. The number of rotatable bonds is 6. The number of aliphatic hydroxyl groups excluding tert-OH is 1. The second-order valence-electron chi connectivity index (χ2n) is 10.1. The number of carbonyl (C=O) groups is 1. The van der Waals surface area contributed by atoms with Crippen LogP contribution in [0.5, 0.6) is 5.88 Å². The van der Waals surface area contributed by atoms with E-state index >= 15 is 0 Å². The van der Waals surface area contributed by atoms with Gasteiger partial charge in [0.15, 0.2) is 0 Å². The van der Waals surface area contributed by atoms with Gasteiger partial charge in [-0.25, -0.2) is 14.8 Å². The lowest BCUT2D eigenvalue weighted by Gasteiger charge is -2.40. The molecule has 176 valence electrons. The van der Waals surface area contributed by atoms with Gasteiger partial charge in [0.2, 0.25) is 5.88 Å². The lowest BCUT2D eigenvalue weighted by atomic mass is 9.78. The molecule has 2 aromatic heterocycles. The Kier molecular flexibility index (Phi) is 6.63. The Bertz CT molecular complexity index is 960. The first-order valence-electron chi connectivity index (χ1n) is 11.8. The molecule has 0 bridgehead atoms. The third-order valence-electron chi connectivity index (χ3n) is 6.78. The van der Waals surface area contributed by atoms with E-state index in [1.54, 1.807) is 17.7 Å². The highest BCUT2D eigenvalue weighted by atomic mass is 32.1. The van der Waals surface area contributed by atoms with Gasteiger partial charge in [0.25, 0.3) is 0 Å². The molecule has 1 amide bonds. The number of carbonyl (C=O) groups excluding carboxylic acids is 1. The molecule has 32 heavy (non-hydrogen) atoms. The van der Waals surface area contributed by atoms with Crippen LogP contribution in [0, 0.1) is 0 Å². The number of nitrogens with zero attached hydrogens (tertiary/aromatic N) is 2. The number of amides is 1. The quantitative estimate of drug-likeness (QED) is 0.622. The van der Waals surface area contributed by atoms with Crippen LogP contribution in [0.3, 0.4) is 0 Å². The van der Waals surface area contributed by atoms with Crippen LogP contribution in [0.2, 0.25) is 0 Å². The summed E-state index contributed by atoms with van der Waals surface area (Å²) < 4.78 is 11.9. The van der Waals surface area contributed by atoms with Crippen LogP contribution >= 0.6 is 11.3 Å². The Morgan fingerprint density at radius 1 is 1.28 bits per heavy atom. The number of hydrogen-bond donors (Lipinski definition) is 2. The predicted molar refractivity (Wildman–Crippen MR) is 125 cm³/mol. The summed E-state index contributed by atoms with van der Waals surface area (Å²) in [6.45, 7) is 7.94. The van der Waals surface area contributed by atoms with Gasteiger partial charge in [-0.2, -0.15) is 0 Å². The van der Waals surface area contributed by atoms with Crippen molar-refractivity contribution in [1.29, 1.82) is 0 Å². The molecule has 0 aromatic carbocycles. The first-order chi connectivity index (χ1) is 15.2. The summed E-state index contributed by atoms with van der Waals surface area (Å²) in [5.74, 6) is 1.03. The fourth-order valence-electron chi connectivity index (χ4n) is 5.08. The number of ether oxygens (including phenoxy) is 2. The molecular weight excluding hydrogens is 426 g/mol. The van der Waals surface area contributed by atoms with E-state index in [4.69, 9.17) is 9.47 Å². The van der Waals surface area contributed by atoms with Crippen molar-refractivity contribution < 1.29 is 19.4 Å². The number of hydrogen-bond acceptors (Lipinski definition) is 7. The number of thiophene rings is 1. The van der Waals surface area contributed by atoms with Crippen molar-refractivity contribution in [3.63, 3.8) is 0 Å². The van der Waals surface area contributed by atoms with E-state index in [0.29, 0.717) is 11.8 Å². The van der Waals surface area contributed by atoms with Gasteiger partial charge in [-0.1, -0.05) is 6.92 Å². The minimum absolute atomic E-state index is 0.0569. The lowest BCUT2D eigenvalue weighted by molar-refractivity contribution is 0.0355. The Balaban J connectivity index is 1.46. The Morgan fingerprint density at radius 3 is 2.69 bits per heavy atom. The van der Waals surface area contributed by atoms with Gasteiger partial charge in [0, 0.05) is 17.0 Å². The van der Waals surface area contributed by atoms with Gasteiger partial charge in [-0.3, -0.25) is 0 Å². The van der Waals surface area contributed by atoms with Crippen LogP contribution < -0.4 is 10.1 Å². The van der Waals surface area contributed by atoms with Gasteiger partial charge in [-0.05, 0) is 83.6 Å². The smallest absolute Gasteiger partial charge is 0.408 e. The van der Waals surface area contributed by atoms with Crippen molar-refractivity contribution in [2.75, 3.05) is 6.61 Å². The van der Waals surface area contributed by atoms with Crippen LogP contribution in [0.1, 0.15) is 89.0 Å². The Hall–Kier alpha value is -1.93. The van der Waals surface area contributed by atoms with E-state index in [1.165, 1.54) is 10.4 Å². The van der Waals surface area contributed by atoms with Crippen LogP contribution in [-0.2, 0) is 11.2 Å². The Labute approximate surface area is 193 Å². The molecule has 0 saturated heterocycles. The molecule has 0 unspecified atom stereocenters. The molecule has 1 atom stereocenters. The van der Waals surface area contributed by atoms with Gasteiger partial charge < -0.3 is 19.9 Å². The molecule has 4 rings (SSSR count). The maximum atomic E-state index is 12.4. The zero-order chi connectivity index (χ0) is 22.9. The largest absolute Gasteiger partial charge is 0.474 e. The first kappa shape index (κ1) is 23.2. The number of alkyl carbamates (subject to hydrolysis) is 1. The number of aryl methyl sites for hydroxylation is 1. The van der Waals surface area contributed by atoms with Gasteiger partial charge >= 0.3 is 6.09 Å². The molecule has 0 spiro atoms. The van der Waals surface area contributed by atoms with E-state index in [2.05, 4.69) is 22.2 Å². The summed E-state index contributed by atoms with van der Waals surface area (Å²) in [7, 11) is 0. The highest BCUT2D eigenvalue weighted by molar-refractivity contribution is 7.19. The fourth-order valence-corrected chi connectivity index (χ4v) is 6.31. The van der Waals surface area contributed by atoms with Crippen LogP contribution in [0.15, 0.2) is 6.33 Å². The zero-order valence-electron chi connectivity index (χ0n) is 19.6. The van der Waals surface area contributed by atoms with E-state index in [9.17, 15) is 9.90 Å². The van der Waals surface area contributed by atoms with Crippen molar-refractivity contribution >= 4 is 27.6 Å². The van der Waals surface area contributed by atoms with Crippen molar-refractivity contribution in [1.82, 2.24) is 15.3 Å². The third kappa shape index (κ3) is 4.86. The topological polar surface area (TPSA) is 93.6 Å². The van der Waals surface area contributed by atoms with Crippen molar-refractivity contribution in [2.24, 2.45) is 0 Å². The number of nitrogens with one attached hydrogen (secondary N) is 1. The molecule has 7 nitrogen and oxygen atoms in total. The van der Waals surface area contributed by atoms with E-state index in [0.717, 1.165) is 61.6 Å². The first-order valence-corrected chi connectivity index (χ1v) is 12.6. The zero-order valence-corrected chi connectivity index (χ0v) is 20.4.